The van der Waals surface area contributed by atoms with Crippen molar-refractivity contribution in [2.75, 3.05) is 13.1 Å². The van der Waals surface area contributed by atoms with E-state index in [0.29, 0.717) is 6.54 Å². The van der Waals surface area contributed by atoms with Crippen LogP contribution in [-0.2, 0) is 11.3 Å². The zero-order valence-electron chi connectivity index (χ0n) is 8.32. The van der Waals surface area contributed by atoms with Gasteiger partial charge in [0, 0.05) is 12.7 Å². The molecule has 1 fully saturated rings. The lowest BCUT2D eigenvalue weighted by Crippen LogP contribution is -2.31. The van der Waals surface area contributed by atoms with E-state index in [1.54, 1.807) is 6.20 Å². The molecule has 1 amide bonds. The van der Waals surface area contributed by atoms with Crippen LogP contribution < -0.4 is 10.6 Å². The van der Waals surface area contributed by atoms with Crippen LogP contribution in [0.4, 0.5) is 0 Å². The molecule has 0 saturated carbocycles. The van der Waals surface area contributed by atoms with Gasteiger partial charge in [0.25, 0.3) is 0 Å². The minimum atomic E-state index is 0. The highest BCUT2D eigenvalue weighted by atomic mass is 35.5. The van der Waals surface area contributed by atoms with E-state index in [1.165, 1.54) is 0 Å². The molecule has 0 aliphatic carbocycles. The van der Waals surface area contributed by atoms with Gasteiger partial charge in [-0.05, 0) is 19.0 Å². The number of aromatic nitrogens is 2. The van der Waals surface area contributed by atoms with Crippen LogP contribution in [-0.4, -0.2) is 29.2 Å². The molecule has 1 aromatic rings. The Balaban J connectivity index is 0.00000112. The Morgan fingerprint density at radius 2 is 2.53 bits per heavy atom. The van der Waals surface area contributed by atoms with E-state index in [9.17, 15) is 4.79 Å². The van der Waals surface area contributed by atoms with Gasteiger partial charge in [0.05, 0.1) is 18.2 Å². The first kappa shape index (κ1) is 12.0. The molecule has 15 heavy (non-hydrogen) atoms. The zero-order valence-corrected chi connectivity index (χ0v) is 9.14. The molecule has 1 aromatic heterocycles. The Labute approximate surface area is 94.4 Å². The first-order valence-corrected chi connectivity index (χ1v) is 4.83. The highest BCUT2D eigenvalue weighted by molar-refractivity contribution is 5.85. The molecule has 1 atom stereocenters. The third-order valence-corrected chi connectivity index (χ3v) is 2.44. The summed E-state index contributed by atoms with van der Waals surface area (Å²) in [5.74, 6) is 0.266. The first-order valence-electron chi connectivity index (χ1n) is 4.83. The van der Waals surface area contributed by atoms with Crippen molar-refractivity contribution in [1.82, 2.24) is 20.8 Å². The molecular weight excluding hydrogens is 216 g/mol. The average Bonchev–Trinajstić information content (AvgIpc) is 2.87. The normalized spacial score (nSPS) is 19.6. The molecule has 1 saturated heterocycles. The molecule has 2 rings (SSSR count). The molecule has 6 heteroatoms. The highest BCUT2D eigenvalue weighted by Crippen LogP contribution is 2.07. The lowest BCUT2D eigenvalue weighted by Gasteiger charge is -2.08. The topological polar surface area (TPSA) is 69.8 Å². The van der Waals surface area contributed by atoms with Gasteiger partial charge in [-0.15, -0.1) is 12.4 Å². The van der Waals surface area contributed by atoms with Crippen LogP contribution in [0.3, 0.4) is 0 Å². The molecule has 1 aliphatic rings. The highest BCUT2D eigenvalue weighted by Gasteiger charge is 2.21. The quantitative estimate of drug-likeness (QED) is 0.688. The van der Waals surface area contributed by atoms with Crippen molar-refractivity contribution in [3.8, 4) is 0 Å². The molecular formula is C9H15ClN4O. The number of H-pyrrole nitrogens is 1. The standard InChI is InChI=1S/C9H14N4O.ClH/c14-9(7-1-3-10-5-7)11-6-8-2-4-12-13-8;/h2,4,7,10H,1,3,5-6H2,(H,11,14)(H,12,13);1H/t7-;/m0./s1. The van der Waals surface area contributed by atoms with Crippen molar-refractivity contribution in [1.29, 1.82) is 0 Å². The summed E-state index contributed by atoms with van der Waals surface area (Å²) in [5.41, 5.74) is 0.935. The molecule has 0 radical (unpaired) electrons. The summed E-state index contributed by atoms with van der Waals surface area (Å²) in [4.78, 5) is 11.6. The van der Waals surface area contributed by atoms with E-state index in [-0.39, 0.29) is 24.2 Å². The Kier molecular flexibility index (Phi) is 4.58. The third-order valence-electron chi connectivity index (χ3n) is 2.44. The number of amides is 1. The van der Waals surface area contributed by atoms with E-state index in [4.69, 9.17) is 0 Å². The van der Waals surface area contributed by atoms with E-state index < -0.39 is 0 Å². The van der Waals surface area contributed by atoms with E-state index in [2.05, 4.69) is 20.8 Å². The minimum Gasteiger partial charge on any atom is -0.350 e. The Morgan fingerprint density at radius 1 is 1.67 bits per heavy atom. The number of aromatic amines is 1. The van der Waals surface area contributed by atoms with Gasteiger partial charge in [0.1, 0.15) is 0 Å². The van der Waals surface area contributed by atoms with Gasteiger partial charge in [-0.2, -0.15) is 5.10 Å². The Hall–Kier alpha value is -1.07. The molecule has 3 N–H and O–H groups in total. The number of hydrogen-bond acceptors (Lipinski definition) is 3. The monoisotopic (exact) mass is 230 g/mol. The molecule has 0 spiro atoms. The summed E-state index contributed by atoms with van der Waals surface area (Å²) in [6, 6.07) is 1.85. The smallest absolute Gasteiger partial charge is 0.224 e. The van der Waals surface area contributed by atoms with Crippen LogP contribution in [0.1, 0.15) is 12.1 Å². The lowest BCUT2D eigenvalue weighted by molar-refractivity contribution is -0.124. The van der Waals surface area contributed by atoms with Gasteiger partial charge in [-0.3, -0.25) is 9.89 Å². The zero-order chi connectivity index (χ0) is 9.80. The SMILES string of the molecule is Cl.O=C(NCc1ccn[nH]1)[C@H]1CCNC1. The Bertz CT molecular complexity index is 295. The van der Waals surface area contributed by atoms with Gasteiger partial charge in [-0.25, -0.2) is 0 Å². The number of rotatable bonds is 3. The van der Waals surface area contributed by atoms with Gasteiger partial charge in [0.15, 0.2) is 0 Å². The number of hydrogen-bond donors (Lipinski definition) is 3. The van der Waals surface area contributed by atoms with Crippen molar-refractivity contribution in [3.05, 3.63) is 18.0 Å². The average molecular weight is 231 g/mol. The maximum absolute atomic E-state index is 11.6. The fraction of sp³-hybridized carbons (Fsp3) is 0.556. The summed E-state index contributed by atoms with van der Waals surface area (Å²) in [6.45, 7) is 2.28. The molecule has 0 unspecified atom stereocenters. The largest absolute Gasteiger partial charge is 0.350 e. The van der Waals surface area contributed by atoms with Crippen molar-refractivity contribution in [2.24, 2.45) is 5.92 Å². The van der Waals surface area contributed by atoms with Gasteiger partial charge >= 0.3 is 0 Å². The van der Waals surface area contributed by atoms with Gasteiger partial charge in [-0.1, -0.05) is 0 Å². The predicted molar refractivity (Wildman–Crippen MR) is 58.7 cm³/mol. The summed E-state index contributed by atoms with van der Waals surface area (Å²) < 4.78 is 0. The van der Waals surface area contributed by atoms with Crippen molar-refractivity contribution in [2.45, 2.75) is 13.0 Å². The second kappa shape index (κ2) is 5.72. The molecule has 1 aliphatic heterocycles. The molecule has 0 aromatic carbocycles. The summed E-state index contributed by atoms with van der Waals surface area (Å²) in [5, 5.41) is 12.7. The molecule has 5 nitrogen and oxygen atoms in total. The van der Waals surface area contributed by atoms with Crippen LogP contribution in [0.5, 0.6) is 0 Å². The predicted octanol–water partition coefficient (Wildman–Crippen LogP) is 0.0572. The summed E-state index contributed by atoms with van der Waals surface area (Å²) >= 11 is 0. The van der Waals surface area contributed by atoms with Crippen LogP contribution in [0.25, 0.3) is 0 Å². The van der Waals surface area contributed by atoms with E-state index in [0.717, 1.165) is 25.2 Å². The van der Waals surface area contributed by atoms with Crippen molar-refractivity contribution < 1.29 is 4.79 Å². The maximum Gasteiger partial charge on any atom is 0.224 e. The van der Waals surface area contributed by atoms with Crippen LogP contribution in [0, 0.1) is 5.92 Å². The molecule has 2 heterocycles. The molecule has 0 bridgehead atoms. The van der Waals surface area contributed by atoms with Gasteiger partial charge in [0.2, 0.25) is 5.91 Å². The Morgan fingerprint density at radius 3 is 3.13 bits per heavy atom. The van der Waals surface area contributed by atoms with Gasteiger partial charge < -0.3 is 10.6 Å². The van der Waals surface area contributed by atoms with Crippen LogP contribution in [0.2, 0.25) is 0 Å². The number of nitrogens with one attached hydrogen (secondary N) is 3. The number of carbonyl (C=O) groups is 1. The van der Waals surface area contributed by atoms with Crippen molar-refractivity contribution >= 4 is 18.3 Å². The van der Waals surface area contributed by atoms with Crippen molar-refractivity contribution in [3.63, 3.8) is 0 Å². The second-order valence-electron chi connectivity index (χ2n) is 3.49. The molecule has 84 valence electrons. The first-order chi connectivity index (χ1) is 6.86. The number of nitrogens with zero attached hydrogens (tertiary/aromatic N) is 1. The maximum atomic E-state index is 11.6. The van der Waals surface area contributed by atoms with Crippen LogP contribution in [0.15, 0.2) is 12.3 Å². The third kappa shape index (κ3) is 3.21. The minimum absolute atomic E-state index is 0. The van der Waals surface area contributed by atoms with E-state index in [1.807, 2.05) is 6.07 Å². The number of carbonyl (C=O) groups excluding carboxylic acids is 1. The lowest BCUT2D eigenvalue weighted by atomic mass is 10.1. The fourth-order valence-corrected chi connectivity index (χ4v) is 1.59. The second-order valence-corrected chi connectivity index (χ2v) is 3.49. The fourth-order valence-electron chi connectivity index (χ4n) is 1.59. The summed E-state index contributed by atoms with van der Waals surface area (Å²) in [6.07, 6.45) is 2.62. The van der Waals surface area contributed by atoms with E-state index >= 15 is 0 Å². The summed E-state index contributed by atoms with van der Waals surface area (Å²) in [7, 11) is 0. The number of halogens is 1. The van der Waals surface area contributed by atoms with Crippen LogP contribution >= 0.6 is 12.4 Å².